The van der Waals surface area contributed by atoms with Crippen molar-refractivity contribution < 1.29 is 9.59 Å². The Bertz CT molecular complexity index is 361. The summed E-state index contributed by atoms with van der Waals surface area (Å²) in [6.07, 6.45) is 4.56. The molecule has 22 heavy (non-hydrogen) atoms. The van der Waals surface area contributed by atoms with Crippen molar-refractivity contribution in [1.29, 1.82) is 0 Å². The van der Waals surface area contributed by atoms with Crippen LogP contribution in [0.15, 0.2) is 0 Å². The zero-order valence-electron chi connectivity index (χ0n) is 13.9. The molecule has 0 aromatic carbocycles. The number of carbonyl (C=O) groups excluding carboxylic acids is 2. The highest BCUT2D eigenvalue weighted by molar-refractivity contribution is 5.79. The van der Waals surface area contributed by atoms with Crippen LogP contribution in [0.1, 0.15) is 32.6 Å². The third-order valence-electron chi connectivity index (χ3n) is 4.50. The van der Waals surface area contributed by atoms with Crippen LogP contribution in [-0.2, 0) is 9.59 Å². The number of rotatable bonds is 7. The van der Waals surface area contributed by atoms with Crippen LogP contribution in [-0.4, -0.2) is 85.4 Å². The van der Waals surface area contributed by atoms with Gasteiger partial charge in [0, 0.05) is 32.7 Å². The fraction of sp³-hybridized carbons (Fsp3) is 0.875. The van der Waals surface area contributed by atoms with Gasteiger partial charge in [0.15, 0.2) is 0 Å². The normalized spacial score (nSPS) is 20.3. The van der Waals surface area contributed by atoms with E-state index in [1.165, 1.54) is 12.8 Å². The first kappa shape index (κ1) is 17.2. The predicted molar refractivity (Wildman–Crippen MR) is 86.6 cm³/mol. The Morgan fingerprint density at radius 3 is 2.18 bits per heavy atom. The van der Waals surface area contributed by atoms with E-state index in [1.807, 2.05) is 4.90 Å². The molecule has 0 bridgehead atoms. The fourth-order valence-corrected chi connectivity index (χ4v) is 3.05. The average molecular weight is 310 g/mol. The molecule has 6 heteroatoms. The van der Waals surface area contributed by atoms with E-state index in [2.05, 4.69) is 22.0 Å². The van der Waals surface area contributed by atoms with Crippen molar-refractivity contribution in [3.63, 3.8) is 0 Å². The van der Waals surface area contributed by atoms with Gasteiger partial charge in [0.05, 0.1) is 13.1 Å². The molecule has 2 heterocycles. The van der Waals surface area contributed by atoms with E-state index >= 15 is 0 Å². The Morgan fingerprint density at radius 1 is 0.909 bits per heavy atom. The molecule has 2 amide bonds. The monoisotopic (exact) mass is 310 g/mol. The minimum Gasteiger partial charge on any atom is -0.355 e. The average Bonchev–Trinajstić information content (AvgIpc) is 3.01. The molecule has 0 spiro atoms. The molecule has 0 unspecified atom stereocenters. The van der Waals surface area contributed by atoms with Gasteiger partial charge >= 0.3 is 0 Å². The van der Waals surface area contributed by atoms with E-state index in [0.29, 0.717) is 13.1 Å². The van der Waals surface area contributed by atoms with E-state index in [-0.39, 0.29) is 11.8 Å². The van der Waals surface area contributed by atoms with Gasteiger partial charge in [0.2, 0.25) is 11.8 Å². The van der Waals surface area contributed by atoms with Crippen LogP contribution in [0.25, 0.3) is 0 Å². The predicted octanol–water partition coefficient (Wildman–Crippen LogP) is 0.143. The van der Waals surface area contributed by atoms with Gasteiger partial charge in [-0.25, -0.2) is 0 Å². The van der Waals surface area contributed by atoms with Gasteiger partial charge in [-0.15, -0.1) is 0 Å². The third-order valence-corrected chi connectivity index (χ3v) is 4.50. The first-order valence-electron chi connectivity index (χ1n) is 8.68. The highest BCUT2D eigenvalue weighted by atomic mass is 16.2. The summed E-state index contributed by atoms with van der Waals surface area (Å²) in [5, 5.41) is 2.95. The van der Waals surface area contributed by atoms with Crippen LogP contribution in [0.5, 0.6) is 0 Å². The smallest absolute Gasteiger partial charge is 0.236 e. The summed E-state index contributed by atoms with van der Waals surface area (Å²) in [5.74, 6) is 0.347. The van der Waals surface area contributed by atoms with E-state index in [4.69, 9.17) is 0 Å². The standard InChI is InChI=1S/C16H30N4O2/c1-2-3-6-17-15(21)13-19-9-11-20(12-10-19)16(22)14-18-7-4-5-8-18/h2-14H2,1H3,(H,17,21). The first-order chi connectivity index (χ1) is 10.7. The van der Waals surface area contributed by atoms with Gasteiger partial charge in [0.25, 0.3) is 0 Å². The number of likely N-dealkylation sites (tertiary alicyclic amines) is 1. The zero-order chi connectivity index (χ0) is 15.8. The van der Waals surface area contributed by atoms with E-state index in [9.17, 15) is 9.59 Å². The molecule has 0 aliphatic carbocycles. The highest BCUT2D eigenvalue weighted by Crippen LogP contribution is 2.09. The number of carbonyl (C=O) groups is 2. The number of hydrogen-bond acceptors (Lipinski definition) is 4. The number of unbranched alkanes of at least 4 members (excludes halogenated alkanes) is 1. The van der Waals surface area contributed by atoms with Crippen LogP contribution in [0.3, 0.4) is 0 Å². The van der Waals surface area contributed by atoms with Gasteiger partial charge in [-0.05, 0) is 32.4 Å². The molecular weight excluding hydrogens is 280 g/mol. The van der Waals surface area contributed by atoms with Crippen LogP contribution in [0.2, 0.25) is 0 Å². The topological polar surface area (TPSA) is 55.9 Å². The summed E-state index contributed by atoms with van der Waals surface area (Å²) in [7, 11) is 0. The summed E-state index contributed by atoms with van der Waals surface area (Å²) in [6.45, 7) is 9.11. The Labute approximate surface area is 133 Å². The summed E-state index contributed by atoms with van der Waals surface area (Å²) < 4.78 is 0. The van der Waals surface area contributed by atoms with Crippen molar-refractivity contribution in [3.05, 3.63) is 0 Å². The maximum Gasteiger partial charge on any atom is 0.236 e. The maximum absolute atomic E-state index is 12.2. The van der Waals surface area contributed by atoms with Gasteiger partial charge in [-0.2, -0.15) is 0 Å². The van der Waals surface area contributed by atoms with Crippen molar-refractivity contribution in [1.82, 2.24) is 20.0 Å². The largest absolute Gasteiger partial charge is 0.355 e. The number of piperazine rings is 1. The summed E-state index contributed by atoms with van der Waals surface area (Å²) in [5.41, 5.74) is 0. The summed E-state index contributed by atoms with van der Waals surface area (Å²) >= 11 is 0. The summed E-state index contributed by atoms with van der Waals surface area (Å²) in [6, 6.07) is 0. The minimum absolute atomic E-state index is 0.102. The molecule has 0 aromatic heterocycles. The van der Waals surface area contributed by atoms with Crippen molar-refractivity contribution in [2.45, 2.75) is 32.6 Å². The lowest BCUT2D eigenvalue weighted by molar-refractivity contribution is -0.134. The Morgan fingerprint density at radius 2 is 1.55 bits per heavy atom. The molecule has 2 fully saturated rings. The second-order valence-corrected chi connectivity index (χ2v) is 6.34. The molecule has 0 atom stereocenters. The molecule has 0 saturated carbocycles. The number of nitrogens with one attached hydrogen (secondary N) is 1. The van der Waals surface area contributed by atoms with Crippen molar-refractivity contribution >= 4 is 11.8 Å². The first-order valence-corrected chi connectivity index (χ1v) is 8.68. The lowest BCUT2D eigenvalue weighted by Crippen LogP contribution is -2.52. The second kappa shape index (κ2) is 9.10. The zero-order valence-corrected chi connectivity index (χ0v) is 13.9. The molecule has 2 saturated heterocycles. The van der Waals surface area contributed by atoms with E-state index < -0.39 is 0 Å². The number of nitrogens with zero attached hydrogens (tertiary/aromatic N) is 3. The molecule has 0 radical (unpaired) electrons. The van der Waals surface area contributed by atoms with E-state index in [1.54, 1.807) is 0 Å². The lowest BCUT2D eigenvalue weighted by Gasteiger charge is -2.35. The number of amides is 2. The van der Waals surface area contributed by atoms with Crippen LogP contribution in [0.4, 0.5) is 0 Å². The second-order valence-electron chi connectivity index (χ2n) is 6.34. The molecule has 0 aromatic rings. The Kier molecular flexibility index (Phi) is 7.12. The highest BCUT2D eigenvalue weighted by Gasteiger charge is 2.24. The summed E-state index contributed by atoms with van der Waals surface area (Å²) in [4.78, 5) is 30.4. The molecule has 1 N–H and O–H groups in total. The Balaban J connectivity index is 1.62. The lowest BCUT2D eigenvalue weighted by atomic mass is 10.3. The van der Waals surface area contributed by atoms with Gasteiger partial charge < -0.3 is 10.2 Å². The van der Waals surface area contributed by atoms with Crippen molar-refractivity contribution in [3.8, 4) is 0 Å². The van der Waals surface area contributed by atoms with Crippen molar-refractivity contribution in [2.24, 2.45) is 0 Å². The molecule has 6 nitrogen and oxygen atoms in total. The number of hydrogen-bond donors (Lipinski definition) is 1. The quantitative estimate of drug-likeness (QED) is 0.680. The SMILES string of the molecule is CCCCNC(=O)CN1CCN(C(=O)CN2CCCC2)CC1. The minimum atomic E-state index is 0.102. The van der Waals surface area contributed by atoms with Crippen LogP contribution >= 0.6 is 0 Å². The molecule has 2 rings (SSSR count). The molecular formula is C16H30N4O2. The molecule has 2 aliphatic heterocycles. The third kappa shape index (κ3) is 5.57. The molecule has 126 valence electrons. The van der Waals surface area contributed by atoms with Crippen LogP contribution in [0, 0.1) is 0 Å². The van der Waals surface area contributed by atoms with Crippen LogP contribution < -0.4 is 5.32 Å². The van der Waals surface area contributed by atoms with Crippen molar-refractivity contribution in [2.75, 3.05) is 58.9 Å². The molecule has 2 aliphatic rings. The van der Waals surface area contributed by atoms with Gasteiger partial charge in [-0.1, -0.05) is 13.3 Å². The van der Waals surface area contributed by atoms with E-state index in [0.717, 1.165) is 58.7 Å². The fourth-order valence-electron chi connectivity index (χ4n) is 3.05. The Hall–Kier alpha value is -1.14. The van der Waals surface area contributed by atoms with Gasteiger partial charge in [0.1, 0.15) is 0 Å². The van der Waals surface area contributed by atoms with Gasteiger partial charge in [-0.3, -0.25) is 19.4 Å². The maximum atomic E-state index is 12.2.